The summed E-state index contributed by atoms with van der Waals surface area (Å²) in [5, 5.41) is 20.0. The van der Waals surface area contributed by atoms with Crippen molar-refractivity contribution in [2.75, 3.05) is 4.90 Å². The summed E-state index contributed by atoms with van der Waals surface area (Å²) < 4.78 is 0. The highest BCUT2D eigenvalue weighted by molar-refractivity contribution is 6.22. The molecule has 8 heteroatoms. The van der Waals surface area contributed by atoms with Crippen LogP contribution in [0.3, 0.4) is 0 Å². The van der Waals surface area contributed by atoms with Crippen LogP contribution in [0.5, 0.6) is 0 Å². The maximum Gasteiger partial charge on any atom is 0.306 e. The number of nitro benzene ring substituents is 1. The van der Waals surface area contributed by atoms with Gasteiger partial charge in [0, 0.05) is 12.1 Å². The maximum atomic E-state index is 12.8. The fourth-order valence-electron chi connectivity index (χ4n) is 4.72. The first-order valence-corrected chi connectivity index (χ1v) is 7.75. The first-order valence-electron chi connectivity index (χ1n) is 7.75. The number of anilines is 1. The van der Waals surface area contributed by atoms with Crippen LogP contribution >= 0.6 is 0 Å². The minimum atomic E-state index is -0.907. The number of non-ortho nitro benzene ring substituents is 1. The molecule has 3 fully saturated rings. The number of carboxylic acids is 1. The van der Waals surface area contributed by atoms with Gasteiger partial charge in [0.2, 0.25) is 11.8 Å². The fourth-order valence-corrected chi connectivity index (χ4v) is 4.72. The van der Waals surface area contributed by atoms with E-state index in [1.54, 1.807) is 0 Å². The summed E-state index contributed by atoms with van der Waals surface area (Å²) in [4.78, 5) is 48.0. The van der Waals surface area contributed by atoms with Gasteiger partial charge in [-0.1, -0.05) is 0 Å². The van der Waals surface area contributed by atoms with E-state index in [1.165, 1.54) is 24.3 Å². The molecule has 2 aliphatic carbocycles. The van der Waals surface area contributed by atoms with Crippen molar-refractivity contribution >= 4 is 29.2 Å². The Balaban J connectivity index is 1.66. The molecule has 0 radical (unpaired) electrons. The standard InChI is InChI=1S/C16H14N2O6/c19-14-12-7-5-10(11(6-7)16(21)22)13(12)15(20)17(14)8-1-3-9(4-2-8)18(23)24/h1-4,7,10-13H,5-6H2,(H,21,22). The number of nitro groups is 1. The van der Waals surface area contributed by atoms with E-state index >= 15 is 0 Å². The van der Waals surface area contributed by atoms with E-state index in [4.69, 9.17) is 0 Å². The molecule has 1 aromatic rings. The number of carbonyl (C=O) groups is 3. The fraction of sp³-hybridized carbons (Fsp3) is 0.438. The molecule has 2 bridgehead atoms. The van der Waals surface area contributed by atoms with Crippen LogP contribution in [0, 0.1) is 39.7 Å². The van der Waals surface area contributed by atoms with Crippen molar-refractivity contribution in [1.82, 2.24) is 0 Å². The van der Waals surface area contributed by atoms with E-state index in [0.29, 0.717) is 18.5 Å². The number of hydrogen-bond donors (Lipinski definition) is 1. The Labute approximate surface area is 136 Å². The largest absolute Gasteiger partial charge is 0.481 e. The zero-order valence-electron chi connectivity index (χ0n) is 12.5. The lowest BCUT2D eigenvalue weighted by molar-refractivity contribution is -0.384. The Hall–Kier alpha value is -2.77. The van der Waals surface area contributed by atoms with Crippen LogP contribution in [0.25, 0.3) is 0 Å². The number of aliphatic carboxylic acids is 1. The summed E-state index contributed by atoms with van der Waals surface area (Å²) in [5.74, 6) is -3.55. The van der Waals surface area contributed by atoms with Crippen molar-refractivity contribution in [3.8, 4) is 0 Å². The van der Waals surface area contributed by atoms with Crippen LogP contribution in [0.2, 0.25) is 0 Å². The first-order chi connectivity index (χ1) is 11.4. The van der Waals surface area contributed by atoms with Gasteiger partial charge in [0.25, 0.3) is 5.69 Å². The zero-order valence-corrected chi connectivity index (χ0v) is 12.5. The Bertz CT molecular complexity index is 773. The number of nitrogens with zero attached hydrogens (tertiary/aromatic N) is 2. The number of hydrogen-bond acceptors (Lipinski definition) is 5. The van der Waals surface area contributed by atoms with Crippen molar-refractivity contribution in [3.63, 3.8) is 0 Å². The van der Waals surface area contributed by atoms with Gasteiger partial charge in [-0.25, -0.2) is 0 Å². The molecule has 3 aliphatic rings. The highest BCUT2D eigenvalue weighted by Gasteiger charge is 2.65. The van der Waals surface area contributed by atoms with Crippen LogP contribution in [0.1, 0.15) is 12.8 Å². The Morgan fingerprint density at radius 2 is 1.75 bits per heavy atom. The lowest BCUT2D eigenvalue weighted by Gasteiger charge is -2.25. The number of rotatable bonds is 3. The molecule has 1 heterocycles. The van der Waals surface area contributed by atoms with Gasteiger partial charge in [0.15, 0.2) is 0 Å². The third kappa shape index (κ3) is 1.82. The molecule has 2 amide bonds. The molecule has 1 aliphatic heterocycles. The average molecular weight is 330 g/mol. The van der Waals surface area contributed by atoms with Gasteiger partial charge in [0.05, 0.1) is 28.4 Å². The minimum absolute atomic E-state index is 0.0689. The van der Waals surface area contributed by atoms with Crippen molar-refractivity contribution in [3.05, 3.63) is 34.4 Å². The molecule has 24 heavy (non-hydrogen) atoms. The molecule has 124 valence electrons. The monoisotopic (exact) mass is 330 g/mol. The Morgan fingerprint density at radius 3 is 2.33 bits per heavy atom. The molecule has 1 N–H and O–H groups in total. The van der Waals surface area contributed by atoms with Crippen LogP contribution < -0.4 is 4.90 Å². The summed E-state index contributed by atoms with van der Waals surface area (Å²) in [6.45, 7) is 0. The topological polar surface area (TPSA) is 118 Å². The molecule has 0 aromatic heterocycles. The molecule has 8 nitrogen and oxygen atoms in total. The predicted octanol–water partition coefficient (Wildman–Crippen LogP) is 1.44. The van der Waals surface area contributed by atoms with Crippen molar-refractivity contribution in [2.24, 2.45) is 29.6 Å². The summed E-state index contributed by atoms with van der Waals surface area (Å²) in [6, 6.07) is 5.26. The third-order valence-corrected chi connectivity index (χ3v) is 5.65. The second-order valence-electron chi connectivity index (χ2n) is 6.68. The average Bonchev–Trinajstić information content (AvgIpc) is 3.19. The molecular weight excluding hydrogens is 316 g/mol. The summed E-state index contributed by atoms with van der Waals surface area (Å²) in [6.07, 6.45) is 1.05. The van der Waals surface area contributed by atoms with Crippen molar-refractivity contribution in [2.45, 2.75) is 12.8 Å². The van der Waals surface area contributed by atoms with Gasteiger partial charge in [-0.3, -0.25) is 29.4 Å². The quantitative estimate of drug-likeness (QED) is 0.509. The summed E-state index contributed by atoms with van der Waals surface area (Å²) in [7, 11) is 0. The van der Waals surface area contributed by atoms with E-state index in [1.807, 2.05) is 0 Å². The second kappa shape index (κ2) is 4.86. The van der Waals surface area contributed by atoms with Gasteiger partial charge in [-0.05, 0) is 36.8 Å². The summed E-state index contributed by atoms with van der Waals surface area (Å²) in [5.41, 5.74) is 0.181. The van der Waals surface area contributed by atoms with E-state index in [2.05, 4.69) is 0 Å². The predicted molar refractivity (Wildman–Crippen MR) is 79.9 cm³/mol. The van der Waals surface area contributed by atoms with E-state index in [9.17, 15) is 29.6 Å². The van der Waals surface area contributed by atoms with Crippen LogP contribution in [-0.4, -0.2) is 27.8 Å². The second-order valence-corrected chi connectivity index (χ2v) is 6.68. The molecule has 2 saturated carbocycles. The third-order valence-electron chi connectivity index (χ3n) is 5.65. The number of carboxylic acid groups (broad SMARTS) is 1. The van der Waals surface area contributed by atoms with Crippen molar-refractivity contribution in [1.29, 1.82) is 0 Å². The van der Waals surface area contributed by atoms with Gasteiger partial charge < -0.3 is 5.11 Å². The van der Waals surface area contributed by atoms with Gasteiger partial charge in [-0.2, -0.15) is 0 Å². The summed E-state index contributed by atoms with van der Waals surface area (Å²) >= 11 is 0. The molecule has 4 rings (SSSR count). The number of imide groups is 1. The smallest absolute Gasteiger partial charge is 0.306 e. The molecule has 1 saturated heterocycles. The highest BCUT2D eigenvalue weighted by Crippen LogP contribution is 2.59. The Kier molecular flexibility index (Phi) is 3.00. The lowest BCUT2D eigenvalue weighted by Crippen LogP contribution is -2.34. The zero-order chi connectivity index (χ0) is 17.2. The molecule has 5 atom stereocenters. The lowest BCUT2D eigenvalue weighted by atomic mass is 9.75. The van der Waals surface area contributed by atoms with Gasteiger partial charge >= 0.3 is 5.97 Å². The van der Waals surface area contributed by atoms with Crippen LogP contribution in [0.15, 0.2) is 24.3 Å². The first kappa shape index (κ1) is 14.8. The highest BCUT2D eigenvalue weighted by atomic mass is 16.6. The maximum absolute atomic E-state index is 12.8. The number of carbonyl (C=O) groups excluding carboxylic acids is 2. The minimum Gasteiger partial charge on any atom is -0.481 e. The van der Waals surface area contributed by atoms with E-state index in [0.717, 1.165) is 4.90 Å². The SMILES string of the molecule is O=C(O)C1CC2CC1C1C(=O)N(c3ccc([N+](=O)[O-])cc3)C(=O)C21. The molecule has 1 aromatic carbocycles. The molecular formula is C16H14N2O6. The number of fused-ring (bicyclic) bond motifs is 5. The van der Waals surface area contributed by atoms with Crippen LogP contribution in [-0.2, 0) is 14.4 Å². The van der Waals surface area contributed by atoms with Gasteiger partial charge in [0.1, 0.15) is 0 Å². The molecule has 0 spiro atoms. The van der Waals surface area contributed by atoms with Crippen molar-refractivity contribution < 1.29 is 24.4 Å². The van der Waals surface area contributed by atoms with E-state index in [-0.39, 0.29) is 29.3 Å². The normalized spacial score (nSPS) is 33.8. The Morgan fingerprint density at radius 1 is 1.12 bits per heavy atom. The van der Waals surface area contributed by atoms with Gasteiger partial charge in [-0.15, -0.1) is 0 Å². The van der Waals surface area contributed by atoms with E-state index < -0.39 is 28.6 Å². The number of benzene rings is 1. The van der Waals surface area contributed by atoms with Crippen LogP contribution in [0.4, 0.5) is 11.4 Å². The molecule has 5 unspecified atom stereocenters. The number of amides is 2.